The highest BCUT2D eigenvalue weighted by molar-refractivity contribution is 4.98. The van der Waals surface area contributed by atoms with E-state index in [2.05, 4.69) is 23.9 Å². The molecule has 0 radical (unpaired) electrons. The Kier molecular flexibility index (Phi) is 5.16. The zero-order valence-electron chi connectivity index (χ0n) is 12.9. The maximum absolute atomic E-state index is 10.7. The predicted octanol–water partition coefficient (Wildman–Crippen LogP) is 2.19. The number of aliphatic hydroxyl groups excluding tert-OH is 1. The second-order valence-corrected chi connectivity index (χ2v) is 6.07. The topological polar surface area (TPSA) is 60.2 Å². The van der Waals surface area contributed by atoms with E-state index in [0.29, 0.717) is 6.42 Å². The second-order valence-electron chi connectivity index (χ2n) is 6.07. The lowest BCUT2D eigenvalue weighted by atomic mass is 9.75. The summed E-state index contributed by atoms with van der Waals surface area (Å²) in [5.74, 6) is 1.59. The van der Waals surface area contributed by atoms with E-state index in [4.69, 9.17) is 4.74 Å². The van der Waals surface area contributed by atoms with E-state index < -0.39 is 11.7 Å². The molecule has 1 fully saturated rings. The van der Waals surface area contributed by atoms with Gasteiger partial charge in [0.2, 0.25) is 0 Å². The number of rotatable bonds is 6. The minimum absolute atomic E-state index is 0.407. The molecule has 1 aromatic rings. The molecule has 1 unspecified atom stereocenters. The minimum atomic E-state index is -0.514. The molecule has 5 heteroatoms. The van der Waals surface area contributed by atoms with Crippen LogP contribution in [0.25, 0.3) is 0 Å². The van der Waals surface area contributed by atoms with Crippen LogP contribution in [0.3, 0.4) is 0 Å². The lowest BCUT2D eigenvalue weighted by Gasteiger charge is -2.41. The van der Waals surface area contributed by atoms with Gasteiger partial charge >= 0.3 is 0 Å². The molecule has 1 heterocycles. The van der Waals surface area contributed by atoms with Crippen LogP contribution >= 0.6 is 0 Å². The van der Waals surface area contributed by atoms with Crippen molar-refractivity contribution in [1.29, 1.82) is 0 Å². The van der Waals surface area contributed by atoms with Gasteiger partial charge in [0.1, 0.15) is 12.2 Å². The van der Waals surface area contributed by atoms with E-state index in [1.807, 2.05) is 4.68 Å². The molecule has 114 valence electrons. The zero-order chi connectivity index (χ0) is 14.6. The summed E-state index contributed by atoms with van der Waals surface area (Å²) in [5.41, 5.74) is -0.407. The fourth-order valence-electron chi connectivity index (χ4n) is 3.13. The number of aromatic nitrogens is 3. The average Bonchev–Trinajstić information content (AvgIpc) is 2.88. The molecule has 1 aromatic heterocycles. The van der Waals surface area contributed by atoms with Gasteiger partial charge in [0.05, 0.1) is 11.7 Å². The molecule has 1 atom stereocenters. The van der Waals surface area contributed by atoms with Crippen LogP contribution in [0, 0.1) is 5.92 Å². The van der Waals surface area contributed by atoms with Crippen LogP contribution in [-0.4, -0.2) is 38.7 Å². The maximum Gasteiger partial charge on any atom is 0.138 e. The van der Waals surface area contributed by atoms with Crippen molar-refractivity contribution in [3.05, 3.63) is 12.2 Å². The van der Waals surface area contributed by atoms with Gasteiger partial charge in [-0.25, -0.2) is 4.98 Å². The van der Waals surface area contributed by atoms with Crippen molar-refractivity contribution in [2.75, 3.05) is 7.11 Å². The van der Waals surface area contributed by atoms with Gasteiger partial charge in [-0.1, -0.05) is 13.8 Å². The van der Waals surface area contributed by atoms with Crippen LogP contribution < -0.4 is 0 Å². The summed E-state index contributed by atoms with van der Waals surface area (Å²) in [4.78, 5) is 4.29. The van der Waals surface area contributed by atoms with Gasteiger partial charge in [-0.3, -0.25) is 4.68 Å². The molecule has 0 aromatic carbocycles. The smallest absolute Gasteiger partial charge is 0.138 e. The number of ether oxygens (including phenoxy) is 1. The lowest BCUT2D eigenvalue weighted by molar-refractivity contribution is -0.128. The molecule has 1 saturated carbocycles. The number of hydrogen-bond donors (Lipinski definition) is 1. The van der Waals surface area contributed by atoms with Crippen LogP contribution in [0.15, 0.2) is 6.33 Å². The standard InChI is InChI=1S/C15H27N3O2/c1-4-9-18-14(16-11-17-18)10-13(19)15(20-3)7-5-12(2)6-8-15/h11-13,19H,4-10H2,1-3H3. The summed E-state index contributed by atoms with van der Waals surface area (Å²) in [6.45, 7) is 5.23. The SMILES string of the molecule is CCCn1ncnc1CC(O)C1(OC)CCC(C)CC1. The molecule has 1 aliphatic rings. The first-order valence-corrected chi connectivity index (χ1v) is 7.71. The molecule has 5 nitrogen and oxygen atoms in total. The summed E-state index contributed by atoms with van der Waals surface area (Å²) in [6.07, 6.45) is 6.67. The van der Waals surface area contributed by atoms with Crippen molar-refractivity contribution in [2.45, 2.75) is 70.6 Å². The fourth-order valence-corrected chi connectivity index (χ4v) is 3.13. The van der Waals surface area contributed by atoms with Gasteiger partial charge in [0.25, 0.3) is 0 Å². The van der Waals surface area contributed by atoms with E-state index in [1.165, 1.54) is 0 Å². The number of methoxy groups -OCH3 is 1. The Morgan fingerprint density at radius 2 is 2.20 bits per heavy atom. The van der Waals surface area contributed by atoms with E-state index in [1.54, 1.807) is 13.4 Å². The van der Waals surface area contributed by atoms with E-state index >= 15 is 0 Å². The number of nitrogens with zero attached hydrogens (tertiary/aromatic N) is 3. The summed E-state index contributed by atoms with van der Waals surface area (Å²) in [7, 11) is 1.72. The minimum Gasteiger partial charge on any atom is -0.390 e. The Bertz CT molecular complexity index is 411. The van der Waals surface area contributed by atoms with E-state index in [-0.39, 0.29) is 0 Å². The number of aliphatic hydroxyl groups is 1. The lowest BCUT2D eigenvalue weighted by Crippen LogP contribution is -2.48. The van der Waals surface area contributed by atoms with Crippen LogP contribution in [0.5, 0.6) is 0 Å². The summed E-state index contributed by atoms with van der Waals surface area (Å²) < 4.78 is 7.62. The van der Waals surface area contributed by atoms with Gasteiger partial charge in [0.15, 0.2) is 0 Å². The maximum atomic E-state index is 10.7. The van der Waals surface area contributed by atoms with Crippen molar-refractivity contribution in [3.8, 4) is 0 Å². The molecule has 0 saturated heterocycles. The Labute approximate surface area is 121 Å². The second kappa shape index (κ2) is 6.68. The average molecular weight is 281 g/mol. The van der Waals surface area contributed by atoms with Crippen molar-refractivity contribution >= 4 is 0 Å². The number of aryl methyl sites for hydroxylation is 1. The van der Waals surface area contributed by atoms with Crippen molar-refractivity contribution in [1.82, 2.24) is 14.8 Å². The van der Waals surface area contributed by atoms with Crippen LogP contribution in [-0.2, 0) is 17.7 Å². The normalized spacial score (nSPS) is 28.5. The fraction of sp³-hybridized carbons (Fsp3) is 0.867. The largest absolute Gasteiger partial charge is 0.390 e. The Balaban J connectivity index is 2.05. The van der Waals surface area contributed by atoms with Crippen LogP contribution in [0.1, 0.15) is 51.8 Å². The van der Waals surface area contributed by atoms with Crippen molar-refractivity contribution in [2.24, 2.45) is 5.92 Å². The summed E-state index contributed by atoms with van der Waals surface area (Å²) in [6, 6.07) is 0. The zero-order valence-corrected chi connectivity index (χ0v) is 12.9. The molecule has 1 N–H and O–H groups in total. The molecule has 0 bridgehead atoms. The van der Waals surface area contributed by atoms with E-state index in [9.17, 15) is 5.11 Å². The molecule has 20 heavy (non-hydrogen) atoms. The monoisotopic (exact) mass is 281 g/mol. The molecular formula is C15H27N3O2. The van der Waals surface area contributed by atoms with Crippen LogP contribution in [0.2, 0.25) is 0 Å². The highest BCUT2D eigenvalue weighted by atomic mass is 16.5. The van der Waals surface area contributed by atoms with Gasteiger partial charge in [-0.15, -0.1) is 0 Å². The predicted molar refractivity (Wildman–Crippen MR) is 77.4 cm³/mol. The first-order valence-electron chi connectivity index (χ1n) is 7.71. The summed E-state index contributed by atoms with van der Waals surface area (Å²) in [5, 5.41) is 14.9. The molecule has 2 rings (SSSR count). The van der Waals surface area contributed by atoms with E-state index in [0.717, 1.165) is 50.4 Å². The van der Waals surface area contributed by atoms with Gasteiger partial charge in [0, 0.05) is 20.1 Å². The molecule has 1 aliphatic carbocycles. The highest BCUT2D eigenvalue weighted by Gasteiger charge is 2.41. The summed E-state index contributed by atoms with van der Waals surface area (Å²) >= 11 is 0. The number of hydrogen-bond acceptors (Lipinski definition) is 4. The van der Waals surface area contributed by atoms with Gasteiger partial charge in [-0.2, -0.15) is 5.10 Å². The third-order valence-corrected chi connectivity index (χ3v) is 4.64. The molecular weight excluding hydrogens is 254 g/mol. The molecule has 0 spiro atoms. The first-order chi connectivity index (χ1) is 9.61. The Morgan fingerprint density at radius 3 is 2.80 bits per heavy atom. The first kappa shape index (κ1) is 15.4. The molecule has 0 aliphatic heterocycles. The van der Waals surface area contributed by atoms with Gasteiger partial charge in [-0.05, 0) is 38.0 Å². The third kappa shape index (κ3) is 3.20. The van der Waals surface area contributed by atoms with Crippen LogP contribution in [0.4, 0.5) is 0 Å². The third-order valence-electron chi connectivity index (χ3n) is 4.64. The Morgan fingerprint density at radius 1 is 1.50 bits per heavy atom. The van der Waals surface area contributed by atoms with Gasteiger partial charge < -0.3 is 9.84 Å². The van der Waals surface area contributed by atoms with Crippen molar-refractivity contribution < 1.29 is 9.84 Å². The quantitative estimate of drug-likeness (QED) is 0.868. The highest BCUT2D eigenvalue weighted by Crippen LogP contribution is 2.37. The Hall–Kier alpha value is -0.940. The van der Waals surface area contributed by atoms with Crippen molar-refractivity contribution in [3.63, 3.8) is 0 Å². The molecule has 0 amide bonds.